The third-order valence-corrected chi connectivity index (χ3v) is 15.8. The van der Waals surface area contributed by atoms with E-state index in [0.29, 0.717) is 19.6 Å². The molecule has 22 heteroatoms. The summed E-state index contributed by atoms with van der Waals surface area (Å²) in [4.78, 5) is 59.9. The third kappa shape index (κ3) is 26.3. The molecule has 1 fully saturated rings. The van der Waals surface area contributed by atoms with Gasteiger partial charge in [0.05, 0.1) is 0 Å². The number of amides is 3. The monoisotopic (exact) mass is 1390 g/mol. The van der Waals surface area contributed by atoms with Crippen molar-refractivity contribution < 1.29 is 74.0 Å². The Kier molecular flexibility index (Phi) is 42.1. The first-order valence-corrected chi connectivity index (χ1v) is 33.5. The Morgan fingerprint density at radius 1 is 0.451 bits per heavy atom. The zero-order valence-corrected chi connectivity index (χ0v) is 61.3. The standard InChI is InChI=1S/2C18H18N2O2.C15H14N2O2.C14H10.C5H11N.2C3H8N2.C3H6O.CO2.B.Na.H/c2*1-2-11-19-20-18(21)22-12-17-15-9-5-3-7-13(15)14-8-4-6-10-16(14)17;16-17-15(18)19-9-14-12-7-3-1-5-10(12)11-6-2-4-8-13(11)14;1-10-11-6-2-4-8-13(11)14-9-5-3-7-12(10)14;1-2-4-6-5-3-1;2*1-2-3-5-4;1-2-3-4;2-1-3;;;/h2*3-11,17H,2,12H2,1H3,(H,20,21);1-8,14H,9,16H2,(H,17,18);2-9H,1H2;6H,1-5H2;2*3H,2,4H2,1H3;3H,2H2,1H3;;;;/q;;;;;;;;;;+1;-1/b;;;;;5-3+;;;;;;. The molecule has 1 heterocycles. The average molecular weight is 1390 g/mol. The van der Waals surface area contributed by atoms with Gasteiger partial charge in [0.2, 0.25) is 0 Å². The maximum absolute atomic E-state index is 11.7. The summed E-state index contributed by atoms with van der Waals surface area (Å²) < 4.78 is 15.8. The minimum absolute atomic E-state index is 0. The first kappa shape index (κ1) is 85.8. The molecule has 1 aliphatic heterocycles. The van der Waals surface area contributed by atoms with Crippen molar-refractivity contribution in [2.24, 2.45) is 37.9 Å². The second kappa shape index (κ2) is 50.0. The number of nitrogens with zero attached hydrogens (tertiary/aromatic N) is 4. The van der Waals surface area contributed by atoms with Gasteiger partial charge in [0.15, 0.2) is 0 Å². The number of rotatable bonds is 13. The first-order chi connectivity index (χ1) is 49.0. The van der Waals surface area contributed by atoms with E-state index in [1.165, 1.54) is 121 Å². The summed E-state index contributed by atoms with van der Waals surface area (Å²) in [7, 11) is 0. The van der Waals surface area contributed by atoms with Crippen molar-refractivity contribution in [1.29, 1.82) is 0 Å². The van der Waals surface area contributed by atoms with E-state index in [4.69, 9.17) is 41.3 Å². The summed E-state index contributed by atoms with van der Waals surface area (Å²) >= 11 is 0. The van der Waals surface area contributed by atoms with E-state index in [1.807, 2.05) is 113 Å². The fourth-order valence-electron chi connectivity index (χ4n) is 11.4. The molecule has 8 aromatic carbocycles. The van der Waals surface area contributed by atoms with Crippen molar-refractivity contribution >= 4 is 69.6 Å². The zero-order valence-electron chi connectivity index (χ0n) is 60.3. The van der Waals surface area contributed by atoms with Crippen LogP contribution in [0.15, 0.2) is 221 Å². The van der Waals surface area contributed by atoms with E-state index >= 15 is 0 Å². The molecule has 0 bridgehead atoms. The van der Waals surface area contributed by atoms with E-state index in [2.05, 4.69) is 164 Å². The number of aldehydes is 1. The number of nitrogens with two attached hydrogens (primary N) is 3. The molecule has 3 radical (unpaired) electrons. The van der Waals surface area contributed by atoms with Crippen LogP contribution in [0.2, 0.25) is 0 Å². The van der Waals surface area contributed by atoms with Crippen molar-refractivity contribution in [1.82, 2.24) is 21.6 Å². The van der Waals surface area contributed by atoms with Crippen LogP contribution in [0.1, 0.15) is 150 Å². The number of carbonyl (C=O) groups excluding carboxylic acids is 6. The Labute approximate surface area is 625 Å². The molecule has 10 N–H and O–H groups in total. The number of ether oxygens (including phenoxy) is 3. The molecule has 13 rings (SSSR count). The minimum Gasteiger partial charge on any atom is -1.00 e. The van der Waals surface area contributed by atoms with E-state index < -0.39 is 18.3 Å². The number of fused-ring (bicyclic) bond motifs is 12. The largest absolute Gasteiger partial charge is 1.00 e. The average Bonchev–Trinajstić information content (AvgIpc) is 1.65. The Bertz CT molecular complexity index is 3700. The Hall–Kier alpha value is -10.4. The molecule has 8 aromatic rings. The smallest absolute Gasteiger partial charge is 1.00 e. The fourth-order valence-corrected chi connectivity index (χ4v) is 11.4. The predicted molar refractivity (Wildman–Crippen MR) is 407 cm³/mol. The Morgan fingerprint density at radius 3 is 0.902 bits per heavy atom. The number of hydrazone groups is 4. The quantitative estimate of drug-likeness (QED) is 0.0108. The minimum atomic E-state index is -0.609. The molecular formula is C80H94BN11NaO9. The maximum Gasteiger partial charge on any atom is 1.00 e. The van der Waals surface area contributed by atoms with E-state index in [9.17, 15) is 19.2 Å². The molecule has 527 valence electrons. The summed E-state index contributed by atoms with van der Waals surface area (Å²) in [6.45, 7) is 17.2. The van der Waals surface area contributed by atoms with Crippen LogP contribution >= 0.6 is 0 Å². The van der Waals surface area contributed by atoms with Crippen LogP contribution in [0.5, 0.6) is 0 Å². The van der Waals surface area contributed by atoms with Crippen molar-refractivity contribution in [3.05, 3.63) is 245 Å². The van der Waals surface area contributed by atoms with E-state index in [1.54, 1.807) is 24.9 Å². The summed E-state index contributed by atoms with van der Waals surface area (Å²) in [6.07, 6.45) is 14.3. The van der Waals surface area contributed by atoms with Gasteiger partial charge in [0, 0.05) is 57.4 Å². The van der Waals surface area contributed by atoms with Gasteiger partial charge in [-0.3, -0.25) is 5.43 Å². The molecule has 102 heavy (non-hydrogen) atoms. The van der Waals surface area contributed by atoms with Crippen molar-refractivity contribution in [3.8, 4) is 44.5 Å². The second-order valence-corrected chi connectivity index (χ2v) is 22.3. The summed E-state index contributed by atoms with van der Waals surface area (Å²) in [5, 5.41) is 17.3. The van der Waals surface area contributed by atoms with Gasteiger partial charge in [-0.25, -0.2) is 31.1 Å². The molecular weight excluding hydrogens is 1290 g/mol. The molecule has 0 unspecified atom stereocenters. The number of hydrogen-bond donors (Lipinski definition) is 7. The van der Waals surface area contributed by atoms with Crippen LogP contribution in [0.25, 0.3) is 50.1 Å². The number of hydrogen-bond acceptors (Lipinski definition) is 17. The van der Waals surface area contributed by atoms with Crippen molar-refractivity contribution in [3.63, 3.8) is 0 Å². The van der Waals surface area contributed by atoms with E-state index in [0.717, 1.165) is 37.5 Å². The van der Waals surface area contributed by atoms with E-state index in [-0.39, 0.29) is 69.9 Å². The number of carbonyl (C=O) groups is 4. The Morgan fingerprint density at radius 2 is 0.696 bits per heavy atom. The number of benzene rings is 8. The molecule has 5 aliphatic rings. The van der Waals surface area contributed by atoms with Crippen LogP contribution < -0.4 is 68.7 Å². The number of hydrazine groups is 1. The zero-order chi connectivity index (χ0) is 72.1. The van der Waals surface area contributed by atoms with Gasteiger partial charge in [-0.05, 0) is 146 Å². The molecule has 20 nitrogen and oxygen atoms in total. The summed E-state index contributed by atoms with van der Waals surface area (Å²) in [6, 6.07) is 66.3. The first-order valence-electron chi connectivity index (χ1n) is 33.5. The molecule has 4 aliphatic carbocycles. The van der Waals surface area contributed by atoms with Gasteiger partial charge in [-0.15, -0.1) is 0 Å². The van der Waals surface area contributed by atoms with Gasteiger partial charge in [0.25, 0.3) is 0 Å². The van der Waals surface area contributed by atoms with Gasteiger partial charge in [-0.2, -0.15) is 30.0 Å². The SMILES string of the molecule is C1CCNCC1.C=C1c2ccccc2-c2ccccc21.CC/C=N/N.CCC=NN.CCC=NNC(=O)OCC1c2ccccc2-c2ccccc21.CCC=NNC(=O)OCC1c2ccccc2-c2ccccc21.CCC=O.NNC(=O)OCC1c2ccccc2-c2ccccc21.O=C=O.[B].[H-].[Na+]. The molecule has 1 saturated heterocycles. The maximum atomic E-state index is 11.7. The predicted octanol–water partition coefficient (Wildman–Crippen LogP) is 12.2. The fraction of sp³-hybridized carbons (Fsp3) is 0.263. The van der Waals surface area contributed by atoms with Gasteiger partial charge in [-0.1, -0.05) is 242 Å². The molecule has 0 spiro atoms. The third-order valence-electron chi connectivity index (χ3n) is 15.8. The van der Waals surface area contributed by atoms with Crippen LogP contribution in [0, 0.1) is 0 Å². The van der Waals surface area contributed by atoms with Crippen LogP contribution in [-0.4, -0.2) is 96.9 Å². The summed E-state index contributed by atoms with van der Waals surface area (Å²) in [5.41, 5.74) is 27.5. The molecule has 0 aromatic heterocycles. The van der Waals surface area contributed by atoms with Gasteiger partial charge < -0.3 is 37.4 Å². The normalized spacial score (nSPS) is 12.4. The molecule has 0 saturated carbocycles. The number of piperidine rings is 1. The summed E-state index contributed by atoms with van der Waals surface area (Å²) in [5.74, 6) is 14.7. The number of nitrogens with one attached hydrogen (secondary N) is 4. The topological polar surface area (TPSA) is 306 Å². The van der Waals surface area contributed by atoms with Crippen LogP contribution in [-0.2, 0) is 28.6 Å². The van der Waals surface area contributed by atoms with Crippen LogP contribution in [0.4, 0.5) is 14.4 Å². The molecule has 3 amide bonds. The molecule has 0 atom stereocenters. The van der Waals surface area contributed by atoms with Crippen molar-refractivity contribution in [2.45, 2.75) is 104 Å². The van der Waals surface area contributed by atoms with Gasteiger partial charge in [0.1, 0.15) is 26.1 Å². The second-order valence-electron chi connectivity index (χ2n) is 22.3. The van der Waals surface area contributed by atoms with Crippen molar-refractivity contribution in [2.75, 3.05) is 32.9 Å². The Balaban J connectivity index is 0.000000422. The van der Waals surface area contributed by atoms with Crippen LogP contribution in [0.3, 0.4) is 0 Å². The van der Waals surface area contributed by atoms with Gasteiger partial charge >= 0.3 is 54.0 Å².